The van der Waals surface area contributed by atoms with Gasteiger partial charge < -0.3 is 20.4 Å². The minimum Gasteiger partial charge on any atom is -0.436 e. The van der Waals surface area contributed by atoms with E-state index < -0.39 is 0 Å². The average Bonchev–Trinajstić information content (AvgIpc) is 2.76. The van der Waals surface area contributed by atoms with E-state index in [1.807, 2.05) is 0 Å². The number of nitrogens with one attached hydrogen (secondary N) is 1. The molecule has 96 valence electrons. The first-order chi connectivity index (χ1) is 8.17. The number of rotatable bonds is 7. The molecule has 5 heteroatoms. The second kappa shape index (κ2) is 6.96. The van der Waals surface area contributed by atoms with E-state index in [1.165, 1.54) is 0 Å². The van der Waals surface area contributed by atoms with Crippen molar-refractivity contribution in [2.75, 3.05) is 31.9 Å². The number of nitrogens with two attached hydrogens (primary N) is 1. The quantitative estimate of drug-likeness (QED) is 0.704. The fourth-order valence-corrected chi connectivity index (χ4v) is 1.61. The minimum atomic E-state index is -0.207. The Bertz CT molecular complexity index is 345. The summed E-state index contributed by atoms with van der Waals surface area (Å²) < 4.78 is 5.02. The molecule has 0 aliphatic rings. The van der Waals surface area contributed by atoms with Gasteiger partial charge in [-0.1, -0.05) is 13.8 Å². The fourth-order valence-electron chi connectivity index (χ4n) is 1.61. The molecular weight excluding hydrogens is 218 g/mol. The molecule has 3 N–H and O–H groups in total. The number of anilines is 1. The van der Waals surface area contributed by atoms with Crippen LogP contribution in [-0.4, -0.2) is 37.0 Å². The number of nitrogens with zero attached hydrogens (tertiary/aromatic N) is 1. The maximum absolute atomic E-state index is 11.6. The Kier molecular flexibility index (Phi) is 5.56. The van der Waals surface area contributed by atoms with Crippen LogP contribution in [0.1, 0.15) is 30.8 Å². The third kappa shape index (κ3) is 4.48. The van der Waals surface area contributed by atoms with Crippen LogP contribution in [0.3, 0.4) is 0 Å². The van der Waals surface area contributed by atoms with Gasteiger partial charge in [0, 0.05) is 12.6 Å². The number of hydrogen-bond acceptors (Lipinski definition) is 4. The summed E-state index contributed by atoms with van der Waals surface area (Å²) in [7, 11) is 0. The van der Waals surface area contributed by atoms with Crippen LogP contribution in [0.2, 0.25) is 0 Å². The molecular formula is C12H21N3O2. The van der Waals surface area contributed by atoms with Crippen LogP contribution in [0.4, 0.5) is 5.88 Å². The van der Waals surface area contributed by atoms with Crippen LogP contribution in [0.15, 0.2) is 16.5 Å². The van der Waals surface area contributed by atoms with Crippen LogP contribution in [-0.2, 0) is 0 Å². The molecule has 0 aromatic carbocycles. The van der Waals surface area contributed by atoms with Gasteiger partial charge in [0.15, 0.2) is 11.6 Å². The lowest BCUT2D eigenvalue weighted by Gasteiger charge is -2.17. The maximum atomic E-state index is 11.6. The molecule has 1 aromatic rings. The third-order valence-electron chi connectivity index (χ3n) is 2.68. The van der Waals surface area contributed by atoms with E-state index >= 15 is 0 Å². The molecule has 0 aliphatic carbocycles. The van der Waals surface area contributed by atoms with Crippen LogP contribution >= 0.6 is 0 Å². The Morgan fingerprint density at radius 2 is 2.12 bits per heavy atom. The monoisotopic (exact) mass is 239 g/mol. The van der Waals surface area contributed by atoms with Crippen molar-refractivity contribution < 1.29 is 9.21 Å². The van der Waals surface area contributed by atoms with Crippen molar-refractivity contribution in [1.29, 1.82) is 0 Å². The highest BCUT2D eigenvalue weighted by Gasteiger charge is 2.09. The van der Waals surface area contributed by atoms with Crippen LogP contribution < -0.4 is 11.1 Å². The molecule has 1 heterocycles. The van der Waals surface area contributed by atoms with Crippen molar-refractivity contribution >= 4 is 11.8 Å². The van der Waals surface area contributed by atoms with E-state index in [9.17, 15) is 4.79 Å². The van der Waals surface area contributed by atoms with Crippen molar-refractivity contribution in [3.8, 4) is 0 Å². The average molecular weight is 239 g/mol. The van der Waals surface area contributed by atoms with Crippen LogP contribution in [0.5, 0.6) is 0 Å². The molecule has 5 nitrogen and oxygen atoms in total. The van der Waals surface area contributed by atoms with Crippen molar-refractivity contribution in [3.63, 3.8) is 0 Å². The predicted octanol–water partition coefficient (Wildman–Crippen LogP) is 1.32. The lowest BCUT2D eigenvalue weighted by Crippen LogP contribution is -2.29. The first-order valence-corrected chi connectivity index (χ1v) is 6.03. The minimum absolute atomic E-state index is 0.207. The maximum Gasteiger partial charge on any atom is 0.287 e. The topological polar surface area (TPSA) is 71.5 Å². The van der Waals surface area contributed by atoms with Gasteiger partial charge in [0.1, 0.15) is 0 Å². The molecule has 1 rings (SSSR count). The molecule has 0 saturated heterocycles. The lowest BCUT2D eigenvalue weighted by molar-refractivity contribution is 0.0925. The second-order valence-electron chi connectivity index (χ2n) is 3.84. The standard InChI is InChI=1S/C12H21N3O2/c1-3-15(4-2)9-5-8-14-12(16)10-6-7-11(13)17-10/h6-7H,3-5,8-9,13H2,1-2H3,(H,14,16). The smallest absolute Gasteiger partial charge is 0.287 e. The molecule has 0 aliphatic heterocycles. The van der Waals surface area contributed by atoms with Crippen molar-refractivity contribution in [3.05, 3.63) is 17.9 Å². The lowest BCUT2D eigenvalue weighted by atomic mass is 10.3. The first kappa shape index (κ1) is 13.6. The summed E-state index contributed by atoms with van der Waals surface area (Å²) in [6.07, 6.45) is 0.934. The molecule has 0 unspecified atom stereocenters. The normalized spacial score (nSPS) is 10.8. The predicted molar refractivity (Wildman–Crippen MR) is 67.9 cm³/mol. The number of carbonyl (C=O) groups is 1. The van der Waals surface area contributed by atoms with E-state index in [-0.39, 0.29) is 17.6 Å². The zero-order valence-corrected chi connectivity index (χ0v) is 10.5. The summed E-state index contributed by atoms with van der Waals surface area (Å²) in [5, 5.41) is 2.80. The SMILES string of the molecule is CCN(CC)CCCNC(=O)c1ccc(N)o1. The Morgan fingerprint density at radius 1 is 1.41 bits per heavy atom. The highest BCUT2D eigenvalue weighted by Crippen LogP contribution is 2.08. The van der Waals surface area contributed by atoms with Crippen LogP contribution in [0.25, 0.3) is 0 Å². The van der Waals surface area contributed by atoms with Crippen molar-refractivity contribution in [2.24, 2.45) is 0 Å². The molecule has 0 fully saturated rings. The number of hydrogen-bond donors (Lipinski definition) is 2. The van der Waals surface area contributed by atoms with E-state index in [1.54, 1.807) is 12.1 Å². The van der Waals surface area contributed by atoms with Gasteiger partial charge in [-0.3, -0.25) is 4.79 Å². The second-order valence-corrected chi connectivity index (χ2v) is 3.84. The van der Waals surface area contributed by atoms with Gasteiger partial charge >= 0.3 is 0 Å². The van der Waals surface area contributed by atoms with E-state index in [0.717, 1.165) is 26.1 Å². The molecule has 0 bridgehead atoms. The first-order valence-electron chi connectivity index (χ1n) is 6.03. The van der Waals surface area contributed by atoms with Gasteiger partial charge in [0.05, 0.1) is 0 Å². The van der Waals surface area contributed by atoms with Gasteiger partial charge in [-0.05, 0) is 32.1 Å². The highest BCUT2D eigenvalue weighted by atomic mass is 16.4. The number of furan rings is 1. The number of nitrogen functional groups attached to an aromatic ring is 1. The Hall–Kier alpha value is -1.49. The summed E-state index contributed by atoms with van der Waals surface area (Å²) in [6, 6.07) is 3.15. The molecule has 1 amide bonds. The summed E-state index contributed by atoms with van der Waals surface area (Å²) in [5.74, 6) is 0.324. The molecule has 0 saturated carbocycles. The molecule has 0 atom stereocenters. The summed E-state index contributed by atoms with van der Waals surface area (Å²) in [6.45, 7) is 7.99. The van der Waals surface area contributed by atoms with Crippen molar-refractivity contribution in [1.82, 2.24) is 10.2 Å². The van der Waals surface area contributed by atoms with Gasteiger partial charge in [0.2, 0.25) is 0 Å². The van der Waals surface area contributed by atoms with Crippen LogP contribution in [0, 0.1) is 0 Å². The van der Waals surface area contributed by atoms with Gasteiger partial charge in [0.25, 0.3) is 5.91 Å². The zero-order chi connectivity index (χ0) is 12.7. The number of amides is 1. The van der Waals surface area contributed by atoms with Gasteiger partial charge in [-0.25, -0.2) is 0 Å². The van der Waals surface area contributed by atoms with Gasteiger partial charge in [-0.15, -0.1) is 0 Å². The Morgan fingerprint density at radius 3 is 2.65 bits per heavy atom. The zero-order valence-electron chi connectivity index (χ0n) is 10.5. The third-order valence-corrected chi connectivity index (χ3v) is 2.68. The summed E-state index contributed by atoms with van der Waals surface area (Å²) >= 11 is 0. The largest absolute Gasteiger partial charge is 0.436 e. The fraction of sp³-hybridized carbons (Fsp3) is 0.583. The van der Waals surface area contributed by atoms with Crippen molar-refractivity contribution in [2.45, 2.75) is 20.3 Å². The summed E-state index contributed by atoms with van der Waals surface area (Å²) in [5.41, 5.74) is 5.39. The molecule has 0 radical (unpaired) electrons. The molecule has 17 heavy (non-hydrogen) atoms. The van der Waals surface area contributed by atoms with E-state index in [2.05, 4.69) is 24.1 Å². The molecule has 0 spiro atoms. The van der Waals surface area contributed by atoms with E-state index in [4.69, 9.17) is 10.2 Å². The van der Waals surface area contributed by atoms with E-state index in [0.29, 0.717) is 6.54 Å². The highest BCUT2D eigenvalue weighted by molar-refractivity contribution is 5.91. The van der Waals surface area contributed by atoms with Gasteiger partial charge in [-0.2, -0.15) is 0 Å². The Balaban J connectivity index is 2.21. The molecule has 1 aromatic heterocycles. The Labute approximate surface area is 102 Å². The summed E-state index contributed by atoms with van der Waals surface area (Å²) in [4.78, 5) is 13.9. The number of carbonyl (C=O) groups excluding carboxylic acids is 1.